The summed E-state index contributed by atoms with van der Waals surface area (Å²) in [6, 6.07) is 7.09. The number of rotatable bonds is 5. The Morgan fingerprint density at radius 3 is 2.35 bits per heavy atom. The monoisotopic (exact) mass is 338 g/mol. The Bertz CT molecular complexity index is 478. The van der Waals surface area contributed by atoms with E-state index in [9.17, 15) is 0 Å². The van der Waals surface area contributed by atoms with E-state index in [-0.39, 0.29) is 12.4 Å². The zero-order valence-electron chi connectivity index (χ0n) is 14.8. The molecule has 0 radical (unpaired) electrons. The smallest absolute Gasteiger partial charge is 0.128 e. The molecule has 1 aromatic rings. The van der Waals surface area contributed by atoms with Crippen molar-refractivity contribution in [1.29, 1.82) is 0 Å². The fourth-order valence-electron chi connectivity index (χ4n) is 3.79. The van der Waals surface area contributed by atoms with Crippen molar-refractivity contribution in [2.45, 2.75) is 70.2 Å². The van der Waals surface area contributed by atoms with Gasteiger partial charge in [0, 0.05) is 44.0 Å². The summed E-state index contributed by atoms with van der Waals surface area (Å²) in [6.45, 7) is 5.38. The molecule has 2 unspecified atom stereocenters. The zero-order chi connectivity index (χ0) is 15.7. The van der Waals surface area contributed by atoms with Crippen LogP contribution in [0.3, 0.4) is 0 Å². The number of hydrogen-bond donors (Lipinski definition) is 1. The first-order chi connectivity index (χ1) is 10.5. The number of nitrogens with one attached hydrogen (secondary N) is 1. The van der Waals surface area contributed by atoms with Crippen LogP contribution in [0.4, 0.5) is 5.82 Å². The Morgan fingerprint density at radius 2 is 1.83 bits per heavy atom. The molecule has 3 rings (SSSR count). The molecule has 23 heavy (non-hydrogen) atoms. The normalized spacial score (nSPS) is 26.4. The highest BCUT2D eigenvalue weighted by Gasteiger charge is 2.34. The Hall–Kier alpha value is -0.840. The van der Waals surface area contributed by atoms with Gasteiger partial charge in [0.25, 0.3) is 0 Å². The number of fused-ring (bicyclic) bond motifs is 2. The number of anilines is 1. The van der Waals surface area contributed by atoms with E-state index in [1.165, 1.54) is 31.2 Å². The first-order valence-corrected chi connectivity index (χ1v) is 8.67. The average Bonchev–Trinajstić information content (AvgIpc) is 2.85. The van der Waals surface area contributed by atoms with E-state index in [2.05, 4.69) is 60.2 Å². The quantitative estimate of drug-likeness (QED) is 0.894. The highest BCUT2D eigenvalue weighted by molar-refractivity contribution is 5.85. The van der Waals surface area contributed by atoms with Gasteiger partial charge in [-0.1, -0.05) is 6.07 Å². The van der Waals surface area contributed by atoms with E-state index >= 15 is 0 Å². The second-order valence-corrected chi connectivity index (χ2v) is 7.41. The molecule has 0 amide bonds. The van der Waals surface area contributed by atoms with Crippen LogP contribution in [0.5, 0.6) is 0 Å². The van der Waals surface area contributed by atoms with Gasteiger partial charge in [-0.3, -0.25) is 4.90 Å². The fourth-order valence-corrected chi connectivity index (χ4v) is 3.79. The fraction of sp³-hybridized carbons (Fsp3) is 0.722. The van der Waals surface area contributed by atoms with Gasteiger partial charge < -0.3 is 10.2 Å². The van der Waals surface area contributed by atoms with Crippen molar-refractivity contribution < 1.29 is 0 Å². The molecule has 2 fully saturated rings. The minimum Gasteiger partial charge on any atom is -0.357 e. The number of pyridine rings is 1. The maximum Gasteiger partial charge on any atom is 0.128 e. The third-order valence-corrected chi connectivity index (χ3v) is 5.45. The number of aromatic nitrogens is 1. The third-order valence-electron chi connectivity index (χ3n) is 5.45. The van der Waals surface area contributed by atoms with Crippen molar-refractivity contribution in [1.82, 2.24) is 15.2 Å². The Labute approximate surface area is 147 Å². The molecule has 2 saturated heterocycles. The van der Waals surface area contributed by atoms with E-state index in [0.29, 0.717) is 6.04 Å². The van der Waals surface area contributed by atoms with Crippen LogP contribution in [0.2, 0.25) is 0 Å². The highest BCUT2D eigenvalue weighted by Crippen LogP contribution is 2.29. The van der Waals surface area contributed by atoms with E-state index < -0.39 is 0 Å². The van der Waals surface area contributed by atoms with Crippen LogP contribution < -0.4 is 10.2 Å². The first kappa shape index (κ1) is 18.5. The van der Waals surface area contributed by atoms with E-state index in [4.69, 9.17) is 0 Å². The molecule has 2 aliphatic heterocycles. The maximum atomic E-state index is 4.63. The molecule has 2 aliphatic rings. The topological polar surface area (TPSA) is 31.4 Å². The Kier molecular flexibility index (Phi) is 6.29. The summed E-state index contributed by atoms with van der Waals surface area (Å²) in [4.78, 5) is 9.36. The predicted octanol–water partition coefficient (Wildman–Crippen LogP) is 3.06. The molecular formula is C18H31ClN4. The van der Waals surface area contributed by atoms with Gasteiger partial charge in [-0.15, -0.1) is 12.4 Å². The molecule has 0 spiro atoms. The zero-order valence-corrected chi connectivity index (χ0v) is 15.6. The molecule has 0 aliphatic carbocycles. The molecule has 4 nitrogen and oxygen atoms in total. The SMILES string of the molecule is CC(C)N(C)c1ccc(CN(C)C2CC3CCC(C2)N3)cn1.Cl. The second kappa shape index (κ2) is 7.82. The lowest BCUT2D eigenvalue weighted by Crippen LogP contribution is -2.46. The lowest BCUT2D eigenvalue weighted by atomic mass is 9.98. The number of hydrogen-bond acceptors (Lipinski definition) is 4. The minimum absolute atomic E-state index is 0. The molecule has 2 bridgehead atoms. The first-order valence-electron chi connectivity index (χ1n) is 8.67. The molecule has 1 N–H and O–H groups in total. The average molecular weight is 339 g/mol. The van der Waals surface area contributed by atoms with Gasteiger partial charge in [-0.05, 0) is 58.2 Å². The maximum absolute atomic E-state index is 4.63. The largest absolute Gasteiger partial charge is 0.357 e. The van der Waals surface area contributed by atoms with Gasteiger partial charge in [0.2, 0.25) is 0 Å². The lowest BCUT2D eigenvalue weighted by molar-refractivity contribution is 0.166. The number of halogens is 1. The summed E-state index contributed by atoms with van der Waals surface area (Å²) in [5, 5.41) is 3.72. The van der Waals surface area contributed by atoms with Crippen LogP contribution >= 0.6 is 12.4 Å². The van der Waals surface area contributed by atoms with Crippen LogP contribution in [0.15, 0.2) is 18.3 Å². The molecule has 2 atom stereocenters. The van der Waals surface area contributed by atoms with Crippen molar-refractivity contribution in [3.05, 3.63) is 23.9 Å². The molecule has 3 heterocycles. The van der Waals surface area contributed by atoms with Gasteiger partial charge in [0.05, 0.1) is 0 Å². The van der Waals surface area contributed by atoms with Crippen LogP contribution in [0.1, 0.15) is 45.1 Å². The van der Waals surface area contributed by atoms with E-state index in [1.54, 1.807) is 0 Å². The molecule has 1 aromatic heterocycles. The van der Waals surface area contributed by atoms with E-state index in [0.717, 1.165) is 30.5 Å². The van der Waals surface area contributed by atoms with Crippen molar-refractivity contribution in [3.63, 3.8) is 0 Å². The van der Waals surface area contributed by atoms with Gasteiger partial charge in [0.15, 0.2) is 0 Å². The number of piperidine rings is 1. The molecular weight excluding hydrogens is 308 g/mol. The van der Waals surface area contributed by atoms with Gasteiger partial charge >= 0.3 is 0 Å². The summed E-state index contributed by atoms with van der Waals surface area (Å²) in [5.74, 6) is 1.06. The molecule has 0 saturated carbocycles. The lowest BCUT2D eigenvalue weighted by Gasteiger charge is -2.35. The third kappa shape index (κ3) is 4.37. The summed E-state index contributed by atoms with van der Waals surface area (Å²) < 4.78 is 0. The van der Waals surface area contributed by atoms with Crippen molar-refractivity contribution in [3.8, 4) is 0 Å². The van der Waals surface area contributed by atoms with Crippen LogP contribution in [-0.2, 0) is 6.54 Å². The van der Waals surface area contributed by atoms with E-state index in [1.807, 2.05) is 6.20 Å². The second-order valence-electron chi connectivity index (χ2n) is 7.41. The summed E-state index contributed by atoms with van der Waals surface area (Å²) in [5.41, 5.74) is 1.31. The van der Waals surface area contributed by atoms with Crippen LogP contribution in [0.25, 0.3) is 0 Å². The van der Waals surface area contributed by atoms with Crippen molar-refractivity contribution in [2.24, 2.45) is 0 Å². The van der Waals surface area contributed by atoms with Gasteiger partial charge in [0.1, 0.15) is 5.82 Å². The summed E-state index contributed by atoms with van der Waals surface area (Å²) in [6.07, 6.45) is 7.38. The van der Waals surface area contributed by atoms with Crippen LogP contribution in [0, 0.1) is 0 Å². The van der Waals surface area contributed by atoms with Gasteiger partial charge in [-0.2, -0.15) is 0 Å². The highest BCUT2D eigenvalue weighted by atomic mass is 35.5. The predicted molar refractivity (Wildman–Crippen MR) is 99.5 cm³/mol. The van der Waals surface area contributed by atoms with Gasteiger partial charge in [-0.25, -0.2) is 4.98 Å². The van der Waals surface area contributed by atoms with Crippen LogP contribution in [-0.4, -0.2) is 48.1 Å². The standard InChI is InChI=1S/C18H30N4.ClH/c1-13(2)22(4)18-8-5-14(11-19-18)12-21(3)17-9-15-6-7-16(10-17)20-15;/h5,8,11,13,15-17,20H,6-7,9-10,12H2,1-4H3;1H. The van der Waals surface area contributed by atoms with Crippen molar-refractivity contribution >= 4 is 18.2 Å². The summed E-state index contributed by atoms with van der Waals surface area (Å²) >= 11 is 0. The molecule has 130 valence electrons. The van der Waals surface area contributed by atoms with Crippen molar-refractivity contribution in [2.75, 3.05) is 19.0 Å². The number of nitrogens with zero attached hydrogens (tertiary/aromatic N) is 3. The molecule has 5 heteroatoms. The minimum atomic E-state index is 0. The Morgan fingerprint density at radius 1 is 1.17 bits per heavy atom. The summed E-state index contributed by atoms with van der Waals surface area (Å²) in [7, 11) is 4.37. The Balaban J connectivity index is 0.00000192. The molecule has 0 aromatic carbocycles.